The lowest BCUT2D eigenvalue weighted by Crippen LogP contribution is -2.41. The van der Waals surface area contributed by atoms with Crippen molar-refractivity contribution in [2.75, 3.05) is 0 Å². The van der Waals surface area contributed by atoms with E-state index < -0.39 is 24.1 Å². The zero-order valence-electron chi connectivity index (χ0n) is 24.9. The number of esters is 1. The fourth-order valence-electron chi connectivity index (χ4n) is 7.85. The molecule has 0 aromatic rings. The molecule has 5 heteroatoms. The van der Waals surface area contributed by atoms with Crippen molar-refractivity contribution in [3.63, 3.8) is 0 Å². The van der Waals surface area contributed by atoms with Crippen molar-refractivity contribution >= 4 is 5.97 Å². The molecule has 0 spiro atoms. The van der Waals surface area contributed by atoms with Crippen LogP contribution in [0.1, 0.15) is 106 Å². The Kier molecular flexibility index (Phi) is 8.44. The average Bonchev–Trinajstić information content (AvgIpc) is 3.35. The summed E-state index contributed by atoms with van der Waals surface area (Å²) in [6.45, 7) is 19.2. The molecule has 4 aliphatic rings. The molecule has 214 valence electrons. The summed E-state index contributed by atoms with van der Waals surface area (Å²) in [6, 6.07) is 0. The maximum Gasteiger partial charge on any atom is 0.340 e. The van der Waals surface area contributed by atoms with Gasteiger partial charge in [0.1, 0.15) is 0 Å². The van der Waals surface area contributed by atoms with Crippen LogP contribution in [0.2, 0.25) is 0 Å². The Balaban J connectivity index is 1.41. The van der Waals surface area contributed by atoms with Gasteiger partial charge >= 0.3 is 5.97 Å². The van der Waals surface area contributed by atoms with E-state index in [1.54, 1.807) is 0 Å². The number of hydrogen-bond donors (Lipinski definition) is 2. The van der Waals surface area contributed by atoms with Gasteiger partial charge in [0.2, 0.25) is 6.29 Å². The van der Waals surface area contributed by atoms with Crippen molar-refractivity contribution in [1.82, 2.24) is 0 Å². The third-order valence-corrected chi connectivity index (χ3v) is 10.7. The number of aliphatic hydroxyl groups is 2. The van der Waals surface area contributed by atoms with E-state index in [-0.39, 0.29) is 22.7 Å². The fourth-order valence-corrected chi connectivity index (χ4v) is 7.85. The summed E-state index contributed by atoms with van der Waals surface area (Å²) in [5, 5.41) is 20.4. The third-order valence-electron chi connectivity index (χ3n) is 10.7. The molecule has 0 aromatic heterocycles. The van der Waals surface area contributed by atoms with E-state index in [9.17, 15) is 15.0 Å². The standard InChI is InChI=1S/C33H52O5/c1-20(11-12-21(2)33(8)29(36)37-30(38-33)31(4,5)6)26-15-16-27-23(10-9-17-32(26,27)7)13-14-24-18-25(34)19-28(35)22(24)3/h13-14,20-21,25-28,30,34-35H,3,9-12,15-19H2,1-2,4-8H3/b23-13+,24-14-/t20-,21?,25-,26?,27+,28+,30-,32-,33-/m1/s1. The first-order valence-electron chi connectivity index (χ1n) is 15.0. The first kappa shape index (κ1) is 29.6. The largest absolute Gasteiger partial charge is 0.433 e. The quantitative estimate of drug-likeness (QED) is 0.367. The number of rotatable bonds is 6. The third kappa shape index (κ3) is 5.58. The molecule has 4 rings (SSSR count). The first-order valence-corrected chi connectivity index (χ1v) is 15.0. The van der Waals surface area contributed by atoms with Crippen LogP contribution in [0.25, 0.3) is 0 Å². The van der Waals surface area contributed by atoms with Crippen LogP contribution in [0.4, 0.5) is 0 Å². The van der Waals surface area contributed by atoms with Crippen LogP contribution in [0, 0.1) is 34.5 Å². The number of cyclic esters (lactones) is 1. The SMILES string of the molecule is C=C1/C(=C\C=C2/CCC[C@]3(C)C([C@H](C)CCC(C)[C@@]4(C)O[C@H](C(C)(C)C)OC4=O)CC[C@@H]23)C[C@@H](O)C[C@@H]1O. The predicted molar refractivity (Wildman–Crippen MR) is 151 cm³/mol. The molecule has 3 saturated carbocycles. The van der Waals surface area contributed by atoms with E-state index in [1.807, 2.05) is 27.7 Å². The van der Waals surface area contributed by atoms with Gasteiger partial charge in [-0.25, -0.2) is 4.79 Å². The summed E-state index contributed by atoms with van der Waals surface area (Å²) in [6.07, 6.45) is 11.9. The van der Waals surface area contributed by atoms with E-state index >= 15 is 0 Å². The zero-order valence-corrected chi connectivity index (χ0v) is 24.9. The lowest BCUT2D eigenvalue weighted by Gasteiger charge is -2.44. The number of fused-ring (bicyclic) bond motifs is 1. The predicted octanol–water partition coefficient (Wildman–Crippen LogP) is 6.88. The lowest BCUT2D eigenvalue weighted by atomic mass is 9.60. The van der Waals surface area contributed by atoms with Crippen LogP contribution in [-0.2, 0) is 14.3 Å². The molecule has 3 aliphatic carbocycles. The molecule has 38 heavy (non-hydrogen) atoms. The van der Waals surface area contributed by atoms with Crippen LogP contribution in [0.5, 0.6) is 0 Å². The highest BCUT2D eigenvalue weighted by Gasteiger charge is 2.54. The smallest absolute Gasteiger partial charge is 0.340 e. The second kappa shape index (κ2) is 10.9. The Bertz CT molecular complexity index is 972. The topological polar surface area (TPSA) is 76.0 Å². The molecule has 5 nitrogen and oxygen atoms in total. The Morgan fingerprint density at radius 2 is 1.84 bits per heavy atom. The normalized spacial score (nSPS) is 41.9. The highest BCUT2D eigenvalue weighted by Crippen LogP contribution is 2.60. The minimum atomic E-state index is -0.877. The molecular formula is C33H52O5. The van der Waals surface area contributed by atoms with Crippen molar-refractivity contribution in [2.24, 2.45) is 34.5 Å². The number of carbonyl (C=O) groups is 1. The highest BCUT2D eigenvalue weighted by atomic mass is 16.8. The minimum absolute atomic E-state index is 0.0949. The molecule has 1 heterocycles. The number of aliphatic hydroxyl groups excluding tert-OH is 2. The van der Waals surface area contributed by atoms with Crippen LogP contribution < -0.4 is 0 Å². The van der Waals surface area contributed by atoms with Gasteiger partial charge < -0.3 is 19.7 Å². The summed E-state index contributed by atoms with van der Waals surface area (Å²) >= 11 is 0. The van der Waals surface area contributed by atoms with E-state index in [2.05, 4.69) is 39.5 Å². The fraction of sp³-hybridized carbons (Fsp3) is 0.788. The maximum atomic E-state index is 12.8. The van der Waals surface area contributed by atoms with Gasteiger partial charge in [-0.2, -0.15) is 0 Å². The molecule has 0 amide bonds. The van der Waals surface area contributed by atoms with Crippen LogP contribution >= 0.6 is 0 Å². The highest BCUT2D eigenvalue weighted by molar-refractivity contribution is 5.81. The molecule has 0 radical (unpaired) electrons. The van der Waals surface area contributed by atoms with Crippen molar-refractivity contribution < 1.29 is 24.5 Å². The molecule has 9 atom stereocenters. The van der Waals surface area contributed by atoms with Gasteiger partial charge in [0, 0.05) is 11.8 Å². The average molecular weight is 529 g/mol. The van der Waals surface area contributed by atoms with Gasteiger partial charge in [0.05, 0.1) is 12.2 Å². The second-order valence-electron chi connectivity index (χ2n) is 14.4. The summed E-state index contributed by atoms with van der Waals surface area (Å²) < 4.78 is 11.9. The Labute approximate surface area is 230 Å². The molecule has 2 N–H and O–H groups in total. The number of hydrogen-bond acceptors (Lipinski definition) is 5. The van der Waals surface area contributed by atoms with E-state index in [4.69, 9.17) is 9.47 Å². The number of ether oxygens (including phenoxy) is 2. The second-order valence-corrected chi connectivity index (χ2v) is 14.4. The van der Waals surface area contributed by atoms with Gasteiger partial charge in [-0.1, -0.05) is 72.3 Å². The summed E-state index contributed by atoms with van der Waals surface area (Å²) in [5.74, 6) is 1.70. The zero-order chi connectivity index (χ0) is 28.0. The van der Waals surface area contributed by atoms with E-state index in [1.165, 1.54) is 31.3 Å². The van der Waals surface area contributed by atoms with Gasteiger partial charge in [-0.15, -0.1) is 0 Å². The van der Waals surface area contributed by atoms with Crippen molar-refractivity contribution in [3.05, 3.63) is 35.5 Å². The molecule has 0 bridgehead atoms. The lowest BCUT2D eigenvalue weighted by molar-refractivity contribution is -0.157. The molecule has 4 fully saturated rings. The monoisotopic (exact) mass is 528 g/mol. The Hall–Kier alpha value is -1.43. The van der Waals surface area contributed by atoms with Gasteiger partial charge in [0.25, 0.3) is 0 Å². The van der Waals surface area contributed by atoms with Gasteiger partial charge in [-0.05, 0) is 92.1 Å². The summed E-state index contributed by atoms with van der Waals surface area (Å²) in [7, 11) is 0. The summed E-state index contributed by atoms with van der Waals surface area (Å²) in [4.78, 5) is 12.8. The van der Waals surface area contributed by atoms with Crippen molar-refractivity contribution in [2.45, 2.75) is 130 Å². The molecule has 2 unspecified atom stereocenters. The Morgan fingerprint density at radius 1 is 1.13 bits per heavy atom. The van der Waals surface area contributed by atoms with Crippen molar-refractivity contribution in [3.8, 4) is 0 Å². The van der Waals surface area contributed by atoms with Gasteiger partial charge in [-0.3, -0.25) is 0 Å². The molecule has 1 saturated heterocycles. The minimum Gasteiger partial charge on any atom is -0.433 e. The van der Waals surface area contributed by atoms with Crippen LogP contribution in [0.3, 0.4) is 0 Å². The first-order chi connectivity index (χ1) is 17.7. The van der Waals surface area contributed by atoms with Crippen LogP contribution in [-0.4, -0.2) is 40.3 Å². The maximum absolute atomic E-state index is 12.8. The Morgan fingerprint density at radius 3 is 2.50 bits per heavy atom. The molecular weight excluding hydrogens is 476 g/mol. The van der Waals surface area contributed by atoms with E-state index in [0.29, 0.717) is 30.6 Å². The molecule has 1 aliphatic heterocycles. The van der Waals surface area contributed by atoms with Crippen molar-refractivity contribution in [1.29, 1.82) is 0 Å². The van der Waals surface area contributed by atoms with Gasteiger partial charge in [0.15, 0.2) is 5.60 Å². The van der Waals surface area contributed by atoms with E-state index in [0.717, 1.165) is 30.4 Å². The number of carbonyl (C=O) groups excluding carboxylic acids is 1. The summed E-state index contributed by atoms with van der Waals surface area (Å²) in [5.41, 5.74) is 2.45. The molecule has 0 aromatic carbocycles. The number of allylic oxidation sites excluding steroid dienone is 3. The van der Waals surface area contributed by atoms with Crippen LogP contribution in [0.15, 0.2) is 35.5 Å².